The van der Waals surface area contributed by atoms with Crippen molar-refractivity contribution in [3.8, 4) is 39.1 Å². The SMILES string of the molecule is c1ccc(-n2c3ccccc3c3cc(-c4cccc(-c5ccc6c7ccccc7c7ccccc7c6c5)c4)ccc32)cc1.c1ccc(N(c2ccc(-c3ccc(N(c4ccccc4)c4ccc5c6ccccc6c6ccccc6c5c4)cc3)cc2)c2ccc3c4ccccc4c4ccccc4c3c2)cc1. The number of aromatic nitrogens is 1. The van der Waals surface area contributed by atoms with Crippen LogP contribution in [-0.2, 0) is 0 Å². The van der Waals surface area contributed by atoms with Crippen molar-refractivity contribution in [3.05, 3.63) is 406 Å². The number of rotatable bonds is 10. The first kappa shape index (κ1) is 61.0. The Balaban J connectivity index is 0.000000149. The molecule has 3 heteroatoms. The lowest BCUT2D eigenvalue weighted by molar-refractivity contribution is 1.18. The Morgan fingerprint density at radius 3 is 0.790 bits per heavy atom. The van der Waals surface area contributed by atoms with E-state index >= 15 is 0 Å². The van der Waals surface area contributed by atoms with Crippen molar-refractivity contribution < 1.29 is 0 Å². The Bertz CT molecular complexity index is 6590. The Hall–Kier alpha value is -13.9. The highest BCUT2D eigenvalue weighted by atomic mass is 15.1. The van der Waals surface area contributed by atoms with E-state index in [0.717, 1.165) is 34.1 Å². The summed E-state index contributed by atoms with van der Waals surface area (Å²) in [7, 11) is 0. The van der Waals surface area contributed by atoms with Gasteiger partial charge in [0.25, 0.3) is 0 Å². The molecule has 0 N–H and O–H groups in total. The predicted molar refractivity (Wildman–Crippen MR) is 450 cm³/mol. The number of benzene rings is 20. The first-order valence-electron chi connectivity index (χ1n) is 36.2. The van der Waals surface area contributed by atoms with E-state index in [1.54, 1.807) is 0 Å². The van der Waals surface area contributed by atoms with Crippen LogP contribution in [0, 0.1) is 0 Å². The summed E-state index contributed by atoms with van der Waals surface area (Å²) in [4.78, 5) is 4.73. The molecule has 0 spiro atoms. The van der Waals surface area contributed by atoms with Crippen LogP contribution in [0.15, 0.2) is 406 Å². The van der Waals surface area contributed by atoms with Crippen LogP contribution in [0.25, 0.3) is 158 Å². The first-order chi connectivity index (χ1) is 52.1. The Labute approximate surface area is 608 Å². The van der Waals surface area contributed by atoms with E-state index in [1.807, 2.05) is 0 Å². The third-order valence-corrected chi connectivity index (χ3v) is 21.5. The average Bonchev–Trinajstić information content (AvgIpc) is 1.59. The zero-order valence-corrected chi connectivity index (χ0v) is 57.5. The van der Waals surface area contributed by atoms with E-state index in [1.165, 1.54) is 158 Å². The van der Waals surface area contributed by atoms with Gasteiger partial charge in [-0.1, -0.05) is 291 Å². The van der Waals surface area contributed by atoms with Crippen molar-refractivity contribution in [3.63, 3.8) is 0 Å². The van der Waals surface area contributed by atoms with E-state index in [-0.39, 0.29) is 0 Å². The minimum atomic E-state index is 1.10. The van der Waals surface area contributed by atoms with Gasteiger partial charge in [-0.3, -0.25) is 0 Å². The lowest BCUT2D eigenvalue weighted by Gasteiger charge is -2.27. The zero-order chi connectivity index (χ0) is 69.3. The summed E-state index contributed by atoms with van der Waals surface area (Å²) in [5, 5.41) is 25.6. The molecular formula is C102H67N3. The van der Waals surface area contributed by atoms with Crippen molar-refractivity contribution in [2.75, 3.05) is 9.80 Å². The van der Waals surface area contributed by atoms with Gasteiger partial charge in [-0.2, -0.15) is 0 Å². The normalized spacial score (nSPS) is 11.6. The standard InChI is InChI=1S/C60H40N2.C42H27N/c1-3-15-43(16-4-1)61(47-35-37-57-53-23-9-7-19-49(53)51-21-11-13-25-55(51)59(57)39-47)45-31-27-41(28-32-45)42-29-33-46(34-30-42)62(44-17-5-2-6-18-44)48-36-38-58-54-24-10-8-20-50(54)52-22-12-14-26-56(52)60(58)40-48;1-2-13-32(14-3-1)43-41-20-9-8-19-38(41)40-27-31(22-24-42(40)43)29-12-10-11-28(25-29)30-21-23-37-35-17-5-4-15-33(35)34-16-6-7-18-36(34)39(37)26-30/h1-40H;1-27H. The van der Waals surface area contributed by atoms with E-state index in [2.05, 4.69) is 421 Å². The van der Waals surface area contributed by atoms with Crippen LogP contribution >= 0.6 is 0 Å². The monoisotopic (exact) mass is 1330 g/mol. The van der Waals surface area contributed by atoms with Crippen LogP contribution < -0.4 is 9.80 Å². The predicted octanol–water partition coefficient (Wildman–Crippen LogP) is 28.8. The van der Waals surface area contributed by atoms with Gasteiger partial charge in [0.15, 0.2) is 0 Å². The van der Waals surface area contributed by atoms with Crippen molar-refractivity contribution in [1.82, 2.24) is 4.57 Å². The van der Waals surface area contributed by atoms with E-state index in [4.69, 9.17) is 0 Å². The molecule has 1 heterocycles. The van der Waals surface area contributed by atoms with Crippen LogP contribution in [0.5, 0.6) is 0 Å². The molecule has 0 atom stereocenters. The molecule has 0 saturated carbocycles. The number of hydrogen-bond donors (Lipinski definition) is 0. The Morgan fingerprint density at radius 1 is 0.133 bits per heavy atom. The fourth-order valence-electron chi connectivity index (χ4n) is 16.7. The maximum Gasteiger partial charge on any atom is 0.0541 e. The summed E-state index contributed by atoms with van der Waals surface area (Å²) in [6.07, 6.45) is 0. The summed E-state index contributed by atoms with van der Waals surface area (Å²) in [6.45, 7) is 0. The molecule has 20 aromatic carbocycles. The van der Waals surface area contributed by atoms with Gasteiger partial charge in [-0.05, 0) is 246 Å². The molecule has 1 aromatic heterocycles. The van der Waals surface area contributed by atoms with Gasteiger partial charge >= 0.3 is 0 Å². The van der Waals surface area contributed by atoms with Crippen LogP contribution in [0.4, 0.5) is 34.1 Å². The van der Waals surface area contributed by atoms with Gasteiger partial charge in [0, 0.05) is 50.6 Å². The van der Waals surface area contributed by atoms with Gasteiger partial charge < -0.3 is 14.4 Å². The molecule has 0 bridgehead atoms. The van der Waals surface area contributed by atoms with Crippen LogP contribution in [0.2, 0.25) is 0 Å². The van der Waals surface area contributed by atoms with E-state index < -0.39 is 0 Å². The summed E-state index contributed by atoms with van der Waals surface area (Å²) < 4.78 is 2.37. The molecule has 0 aliphatic carbocycles. The fourth-order valence-corrected chi connectivity index (χ4v) is 16.7. The molecule has 0 amide bonds. The molecule has 0 fully saturated rings. The van der Waals surface area contributed by atoms with Crippen molar-refractivity contribution in [1.29, 1.82) is 0 Å². The Kier molecular flexibility index (Phi) is 14.9. The number of nitrogens with zero attached hydrogens (tertiary/aromatic N) is 3. The number of para-hydroxylation sites is 4. The van der Waals surface area contributed by atoms with Gasteiger partial charge in [0.2, 0.25) is 0 Å². The molecule has 0 aliphatic heterocycles. The van der Waals surface area contributed by atoms with Crippen LogP contribution in [0.3, 0.4) is 0 Å². The molecule has 21 rings (SSSR count). The van der Waals surface area contributed by atoms with E-state index in [9.17, 15) is 0 Å². The third kappa shape index (κ3) is 10.6. The van der Waals surface area contributed by atoms with Crippen molar-refractivity contribution >= 4 is 153 Å². The second-order valence-electron chi connectivity index (χ2n) is 27.4. The molecule has 0 unspecified atom stereocenters. The average molecular weight is 1330 g/mol. The zero-order valence-electron chi connectivity index (χ0n) is 57.5. The third-order valence-electron chi connectivity index (χ3n) is 21.5. The molecule has 21 aromatic rings. The summed E-state index contributed by atoms with van der Waals surface area (Å²) in [6, 6.07) is 148. The molecule has 105 heavy (non-hydrogen) atoms. The molecule has 0 aliphatic rings. The van der Waals surface area contributed by atoms with Gasteiger partial charge in [0.1, 0.15) is 0 Å². The quantitative estimate of drug-likeness (QED) is 0.126. The number of fused-ring (bicyclic) bond motifs is 21. The molecule has 0 saturated heterocycles. The van der Waals surface area contributed by atoms with Gasteiger partial charge in [-0.25, -0.2) is 0 Å². The topological polar surface area (TPSA) is 11.4 Å². The van der Waals surface area contributed by atoms with Crippen molar-refractivity contribution in [2.45, 2.75) is 0 Å². The minimum absolute atomic E-state index is 1.10. The summed E-state index contributed by atoms with van der Waals surface area (Å²) in [5.74, 6) is 0. The molecular weight excluding hydrogens is 1270 g/mol. The van der Waals surface area contributed by atoms with Gasteiger partial charge in [-0.15, -0.1) is 0 Å². The molecule has 490 valence electrons. The minimum Gasteiger partial charge on any atom is -0.310 e. The lowest BCUT2D eigenvalue weighted by Crippen LogP contribution is -2.10. The van der Waals surface area contributed by atoms with Crippen LogP contribution in [0.1, 0.15) is 0 Å². The highest BCUT2D eigenvalue weighted by Gasteiger charge is 2.21. The lowest BCUT2D eigenvalue weighted by atomic mass is 9.91. The largest absolute Gasteiger partial charge is 0.310 e. The number of anilines is 6. The highest BCUT2D eigenvalue weighted by Crippen LogP contribution is 2.46. The smallest absolute Gasteiger partial charge is 0.0541 e. The highest BCUT2D eigenvalue weighted by molar-refractivity contribution is 6.28. The van der Waals surface area contributed by atoms with E-state index in [0.29, 0.717) is 0 Å². The summed E-state index contributed by atoms with van der Waals surface area (Å²) in [5.41, 5.74) is 17.6. The fraction of sp³-hybridized carbons (Fsp3) is 0. The maximum absolute atomic E-state index is 2.37. The van der Waals surface area contributed by atoms with Crippen LogP contribution in [-0.4, -0.2) is 4.57 Å². The first-order valence-corrected chi connectivity index (χ1v) is 36.2. The Morgan fingerprint density at radius 2 is 0.390 bits per heavy atom. The van der Waals surface area contributed by atoms with Crippen molar-refractivity contribution in [2.24, 2.45) is 0 Å². The summed E-state index contributed by atoms with van der Waals surface area (Å²) >= 11 is 0. The molecule has 0 radical (unpaired) electrons. The second kappa shape index (κ2) is 25.6. The van der Waals surface area contributed by atoms with Gasteiger partial charge in [0.05, 0.1) is 11.0 Å². The number of hydrogen-bond acceptors (Lipinski definition) is 2. The second-order valence-corrected chi connectivity index (χ2v) is 27.4. The molecule has 3 nitrogen and oxygen atoms in total. The maximum atomic E-state index is 2.37.